The SMILES string of the molecule is Cc1cccc(C[C@@H](O)C=C[C@@H]2[C@H]3CC(CNCCCN4CCOCC4)=C[C@H]3C[C@H]2O)c1. The van der Waals surface area contributed by atoms with Crippen LogP contribution in [0.1, 0.15) is 30.4 Å². The highest BCUT2D eigenvalue weighted by Gasteiger charge is 2.43. The number of hydrogen-bond donors (Lipinski definition) is 3. The summed E-state index contributed by atoms with van der Waals surface area (Å²) in [6.07, 6.45) is 9.27. The smallest absolute Gasteiger partial charge is 0.0761 e. The van der Waals surface area contributed by atoms with Crippen LogP contribution in [0.25, 0.3) is 0 Å². The van der Waals surface area contributed by atoms with E-state index in [1.807, 2.05) is 12.1 Å². The molecule has 5 atom stereocenters. The largest absolute Gasteiger partial charge is 0.392 e. The highest BCUT2D eigenvalue weighted by atomic mass is 16.5. The minimum Gasteiger partial charge on any atom is -0.392 e. The molecule has 3 aliphatic rings. The third-order valence-corrected chi connectivity index (χ3v) is 7.32. The Hall–Kier alpha value is -1.50. The van der Waals surface area contributed by atoms with Crippen molar-refractivity contribution in [1.82, 2.24) is 10.2 Å². The van der Waals surface area contributed by atoms with E-state index in [0.717, 1.165) is 64.3 Å². The van der Waals surface area contributed by atoms with Crippen molar-refractivity contribution >= 4 is 0 Å². The first-order chi connectivity index (χ1) is 15.6. The van der Waals surface area contributed by atoms with Gasteiger partial charge < -0.3 is 20.3 Å². The Morgan fingerprint density at radius 2 is 2.12 bits per heavy atom. The first-order valence-corrected chi connectivity index (χ1v) is 12.4. The highest BCUT2D eigenvalue weighted by molar-refractivity contribution is 5.24. The maximum atomic E-state index is 10.6. The van der Waals surface area contributed by atoms with Gasteiger partial charge in [0, 0.05) is 32.0 Å². The zero-order valence-electron chi connectivity index (χ0n) is 19.5. The maximum Gasteiger partial charge on any atom is 0.0761 e. The third-order valence-electron chi connectivity index (χ3n) is 7.32. The monoisotopic (exact) mass is 440 g/mol. The molecule has 0 radical (unpaired) electrons. The van der Waals surface area contributed by atoms with Crippen molar-refractivity contribution < 1.29 is 14.9 Å². The zero-order valence-corrected chi connectivity index (χ0v) is 19.5. The molecule has 1 saturated carbocycles. The second-order valence-corrected chi connectivity index (χ2v) is 9.87. The van der Waals surface area contributed by atoms with Crippen LogP contribution in [0, 0.1) is 24.7 Å². The molecule has 2 fully saturated rings. The molecule has 176 valence electrons. The Balaban J connectivity index is 1.19. The lowest BCUT2D eigenvalue weighted by atomic mass is 9.89. The number of nitrogens with zero attached hydrogens (tertiary/aromatic N) is 1. The molecule has 1 aliphatic heterocycles. The molecular formula is C27H40N2O3. The molecule has 1 saturated heterocycles. The maximum absolute atomic E-state index is 10.6. The summed E-state index contributed by atoms with van der Waals surface area (Å²) in [6.45, 7) is 9.08. The number of ether oxygens (including phenoxy) is 1. The lowest BCUT2D eigenvalue weighted by Crippen LogP contribution is -2.37. The van der Waals surface area contributed by atoms with Gasteiger partial charge in [-0.05, 0) is 56.7 Å². The molecule has 1 aromatic rings. The average molecular weight is 441 g/mol. The van der Waals surface area contributed by atoms with Crippen molar-refractivity contribution in [3.63, 3.8) is 0 Å². The molecule has 32 heavy (non-hydrogen) atoms. The molecule has 0 spiro atoms. The van der Waals surface area contributed by atoms with E-state index in [1.165, 1.54) is 17.6 Å². The predicted molar refractivity (Wildman–Crippen MR) is 129 cm³/mol. The number of aliphatic hydroxyl groups excluding tert-OH is 2. The quantitative estimate of drug-likeness (QED) is 0.386. The van der Waals surface area contributed by atoms with Crippen LogP contribution in [0.4, 0.5) is 0 Å². The van der Waals surface area contributed by atoms with Crippen LogP contribution >= 0.6 is 0 Å². The second-order valence-electron chi connectivity index (χ2n) is 9.87. The summed E-state index contributed by atoms with van der Waals surface area (Å²) in [6, 6.07) is 8.30. The van der Waals surface area contributed by atoms with Crippen molar-refractivity contribution in [2.45, 2.75) is 44.8 Å². The van der Waals surface area contributed by atoms with Gasteiger partial charge in [-0.15, -0.1) is 0 Å². The number of fused-ring (bicyclic) bond motifs is 1. The molecule has 5 heteroatoms. The van der Waals surface area contributed by atoms with E-state index < -0.39 is 6.10 Å². The fourth-order valence-corrected chi connectivity index (χ4v) is 5.64. The predicted octanol–water partition coefficient (Wildman–Crippen LogP) is 2.71. The standard InChI is InChI=1S/C27H40N2O3/c1-20-4-2-5-21(14-20)16-24(30)6-7-25-26-17-22(15-23(26)18-27(25)31)19-28-8-3-9-29-10-12-32-13-11-29/h2,4-7,14-15,23-28,30-31H,3,8-13,16-19H2,1H3/t23-,24-,25+,26-,27+/m0/s1. The minimum absolute atomic E-state index is 0.141. The van der Waals surface area contributed by atoms with Gasteiger partial charge in [0.2, 0.25) is 0 Å². The van der Waals surface area contributed by atoms with Gasteiger partial charge >= 0.3 is 0 Å². The van der Waals surface area contributed by atoms with Crippen LogP contribution in [0.5, 0.6) is 0 Å². The third kappa shape index (κ3) is 6.52. The molecule has 4 rings (SSSR count). The Labute approximate surface area is 193 Å². The van der Waals surface area contributed by atoms with Crippen LogP contribution < -0.4 is 5.32 Å². The number of aryl methyl sites for hydroxylation is 1. The summed E-state index contributed by atoms with van der Waals surface area (Å²) in [5.74, 6) is 1.08. The van der Waals surface area contributed by atoms with E-state index in [2.05, 4.69) is 47.5 Å². The molecule has 5 nitrogen and oxygen atoms in total. The van der Waals surface area contributed by atoms with E-state index >= 15 is 0 Å². The Morgan fingerprint density at radius 3 is 2.94 bits per heavy atom. The van der Waals surface area contributed by atoms with Crippen LogP contribution in [-0.4, -0.2) is 73.3 Å². The second kappa shape index (κ2) is 11.6. The molecule has 3 N–H and O–H groups in total. The number of allylic oxidation sites excluding steroid dienone is 1. The summed E-state index contributed by atoms with van der Waals surface area (Å²) in [5.41, 5.74) is 3.85. The van der Waals surface area contributed by atoms with E-state index in [-0.39, 0.29) is 12.0 Å². The van der Waals surface area contributed by atoms with Gasteiger partial charge in [0.25, 0.3) is 0 Å². The Bertz CT molecular complexity index is 787. The summed E-state index contributed by atoms with van der Waals surface area (Å²) in [4.78, 5) is 2.48. The number of benzene rings is 1. The van der Waals surface area contributed by atoms with Gasteiger partial charge in [-0.1, -0.05) is 53.6 Å². The fraction of sp³-hybridized carbons (Fsp3) is 0.630. The van der Waals surface area contributed by atoms with Crippen molar-refractivity contribution in [3.05, 3.63) is 59.2 Å². The topological polar surface area (TPSA) is 65.0 Å². The lowest BCUT2D eigenvalue weighted by molar-refractivity contribution is 0.0375. The molecule has 0 bridgehead atoms. The van der Waals surface area contributed by atoms with Crippen LogP contribution in [-0.2, 0) is 11.2 Å². The molecular weight excluding hydrogens is 400 g/mol. The van der Waals surface area contributed by atoms with Gasteiger partial charge in [0.1, 0.15) is 0 Å². The number of hydrogen-bond acceptors (Lipinski definition) is 5. The number of aliphatic hydroxyl groups is 2. The van der Waals surface area contributed by atoms with Gasteiger partial charge in [-0.3, -0.25) is 4.90 Å². The van der Waals surface area contributed by atoms with E-state index in [9.17, 15) is 10.2 Å². The van der Waals surface area contributed by atoms with E-state index in [1.54, 1.807) is 0 Å². The van der Waals surface area contributed by atoms with Crippen molar-refractivity contribution in [1.29, 1.82) is 0 Å². The van der Waals surface area contributed by atoms with Crippen molar-refractivity contribution in [3.8, 4) is 0 Å². The summed E-state index contributed by atoms with van der Waals surface area (Å²) in [5, 5.41) is 24.7. The lowest BCUT2D eigenvalue weighted by Gasteiger charge is -2.26. The molecule has 0 amide bonds. The Morgan fingerprint density at radius 1 is 1.28 bits per heavy atom. The van der Waals surface area contributed by atoms with E-state index in [0.29, 0.717) is 18.3 Å². The first kappa shape index (κ1) is 23.7. The summed E-state index contributed by atoms with van der Waals surface area (Å²) >= 11 is 0. The minimum atomic E-state index is -0.509. The number of morpholine rings is 1. The summed E-state index contributed by atoms with van der Waals surface area (Å²) in [7, 11) is 0. The van der Waals surface area contributed by atoms with Gasteiger partial charge in [-0.25, -0.2) is 0 Å². The van der Waals surface area contributed by atoms with Gasteiger partial charge in [-0.2, -0.15) is 0 Å². The van der Waals surface area contributed by atoms with Gasteiger partial charge in [0.05, 0.1) is 25.4 Å². The number of nitrogens with one attached hydrogen (secondary N) is 1. The van der Waals surface area contributed by atoms with Crippen LogP contribution in [0.2, 0.25) is 0 Å². The van der Waals surface area contributed by atoms with Crippen molar-refractivity contribution in [2.75, 3.05) is 45.9 Å². The highest BCUT2D eigenvalue weighted by Crippen LogP contribution is 2.47. The summed E-state index contributed by atoms with van der Waals surface area (Å²) < 4.78 is 5.41. The molecule has 0 aromatic heterocycles. The molecule has 1 heterocycles. The number of rotatable bonds is 10. The fourth-order valence-electron chi connectivity index (χ4n) is 5.64. The molecule has 1 aromatic carbocycles. The first-order valence-electron chi connectivity index (χ1n) is 12.4. The molecule has 2 aliphatic carbocycles. The van der Waals surface area contributed by atoms with Crippen LogP contribution in [0.15, 0.2) is 48.1 Å². The van der Waals surface area contributed by atoms with Gasteiger partial charge in [0.15, 0.2) is 0 Å². The van der Waals surface area contributed by atoms with E-state index in [4.69, 9.17) is 4.74 Å². The Kier molecular flexibility index (Phi) is 8.55. The molecule has 0 unspecified atom stereocenters. The van der Waals surface area contributed by atoms with Crippen molar-refractivity contribution in [2.24, 2.45) is 17.8 Å². The normalized spacial score (nSPS) is 29.4. The zero-order chi connectivity index (χ0) is 22.3. The van der Waals surface area contributed by atoms with Crippen LogP contribution in [0.3, 0.4) is 0 Å². The average Bonchev–Trinajstić information content (AvgIpc) is 3.29.